The number of Topliss-reactive ketones (excluding diaryl/α,β-unsaturated/α-hetero) is 1. The van der Waals surface area contributed by atoms with Crippen LogP contribution in [0.5, 0.6) is 0 Å². The summed E-state index contributed by atoms with van der Waals surface area (Å²) in [4.78, 5) is 21.1. The van der Waals surface area contributed by atoms with Crippen molar-refractivity contribution in [2.24, 2.45) is 0 Å². The summed E-state index contributed by atoms with van der Waals surface area (Å²) in [5.41, 5.74) is 0.144. The van der Waals surface area contributed by atoms with Gasteiger partial charge in [-0.3, -0.25) is 4.79 Å². The third-order valence-corrected chi connectivity index (χ3v) is 2.04. The molecule has 0 fully saturated rings. The van der Waals surface area contributed by atoms with Crippen molar-refractivity contribution in [3.8, 4) is 0 Å². The Hall–Kier alpha value is -1.78. The van der Waals surface area contributed by atoms with Crippen LogP contribution in [0, 0.1) is 18.6 Å². The first-order chi connectivity index (χ1) is 6.93. The average molecular weight is 214 g/mol. The van der Waals surface area contributed by atoms with Crippen LogP contribution in [0.4, 0.5) is 8.78 Å². The molecular weight excluding hydrogens is 206 g/mol. The highest BCUT2D eigenvalue weighted by atomic mass is 19.2. The topological polar surface area (TPSA) is 54.4 Å². The highest BCUT2D eigenvalue weighted by Gasteiger charge is 2.16. The van der Waals surface area contributed by atoms with Crippen molar-refractivity contribution in [1.29, 1.82) is 0 Å². The standard InChI is InChI=1S/C10H8F2O3/c1-5-6(4-8(13)10(14)15)2-3-7(11)9(5)12/h2-3H,4H2,1H3,(H,14,15). The van der Waals surface area contributed by atoms with Crippen LogP contribution in [0.25, 0.3) is 0 Å². The van der Waals surface area contributed by atoms with E-state index in [1.165, 1.54) is 13.0 Å². The van der Waals surface area contributed by atoms with Crippen molar-refractivity contribution in [2.45, 2.75) is 13.3 Å². The quantitative estimate of drug-likeness (QED) is 0.775. The van der Waals surface area contributed by atoms with Gasteiger partial charge in [0.2, 0.25) is 5.78 Å². The first-order valence-electron chi connectivity index (χ1n) is 4.13. The van der Waals surface area contributed by atoms with Crippen molar-refractivity contribution >= 4 is 11.8 Å². The summed E-state index contributed by atoms with van der Waals surface area (Å²) in [5, 5.41) is 8.34. The van der Waals surface area contributed by atoms with E-state index in [1.54, 1.807) is 0 Å². The van der Waals surface area contributed by atoms with Gasteiger partial charge >= 0.3 is 5.97 Å². The van der Waals surface area contributed by atoms with Crippen LogP contribution in [0.3, 0.4) is 0 Å². The Balaban J connectivity index is 3.02. The van der Waals surface area contributed by atoms with Crippen LogP contribution in [0.15, 0.2) is 12.1 Å². The molecule has 0 atom stereocenters. The summed E-state index contributed by atoms with van der Waals surface area (Å²) in [6, 6.07) is 2.07. The van der Waals surface area contributed by atoms with Crippen LogP contribution in [-0.2, 0) is 16.0 Å². The fourth-order valence-corrected chi connectivity index (χ4v) is 1.13. The fourth-order valence-electron chi connectivity index (χ4n) is 1.13. The molecule has 0 saturated heterocycles. The van der Waals surface area contributed by atoms with Crippen molar-refractivity contribution in [3.05, 3.63) is 34.9 Å². The van der Waals surface area contributed by atoms with E-state index in [-0.39, 0.29) is 11.1 Å². The number of aliphatic carboxylic acids is 1. The molecule has 3 nitrogen and oxygen atoms in total. The lowest BCUT2D eigenvalue weighted by Gasteiger charge is -2.04. The summed E-state index contributed by atoms with van der Waals surface area (Å²) >= 11 is 0. The molecule has 0 aliphatic heterocycles. The Bertz CT molecular complexity index is 427. The number of carboxylic acid groups (broad SMARTS) is 1. The van der Waals surface area contributed by atoms with E-state index >= 15 is 0 Å². The highest BCUT2D eigenvalue weighted by molar-refractivity contribution is 6.33. The number of hydrogen-bond donors (Lipinski definition) is 1. The maximum Gasteiger partial charge on any atom is 0.372 e. The molecule has 1 aromatic rings. The molecule has 0 saturated carbocycles. The normalized spacial score (nSPS) is 10.1. The molecule has 80 valence electrons. The van der Waals surface area contributed by atoms with Crippen molar-refractivity contribution in [3.63, 3.8) is 0 Å². The molecule has 1 N–H and O–H groups in total. The zero-order valence-corrected chi connectivity index (χ0v) is 7.88. The Morgan fingerprint density at radius 1 is 1.33 bits per heavy atom. The van der Waals surface area contributed by atoms with E-state index in [0.29, 0.717) is 0 Å². The monoisotopic (exact) mass is 214 g/mol. The van der Waals surface area contributed by atoms with E-state index in [1.807, 2.05) is 0 Å². The molecule has 0 aromatic heterocycles. The molecule has 0 aliphatic carbocycles. The minimum atomic E-state index is -1.58. The Morgan fingerprint density at radius 2 is 1.93 bits per heavy atom. The van der Waals surface area contributed by atoms with Gasteiger partial charge in [-0.2, -0.15) is 0 Å². The van der Waals surface area contributed by atoms with Crippen molar-refractivity contribution in [2.75, 3.05) is 0 Å². The third kappa shape index (κ3) is 2.37. The molecule has 0 amide bonds. The molecule has 0 spiro atoms. The van der Waals surface area contributed by atoms with E-state index in [2.05, 4.69) is 0 Å². The van der Waals surface area contributed by atoms with Gasteiger partial charge in [0, 0.05) is 6.42 Å². The van der Waals surface area contributed by atoms with E-state index in [9.17, 15) is 18.4 Å². The maximum atomic E-state index is 13.0. The van der Waals surface area contributed by atoms with E-state index in [0.717, 1.165) is 6.07 Å². The lowest BCUT2D eigenvalue weighted by molar-refractivity contribution is -0.148. The summed E-state index contributed by atoms with van der Waals surface area (Å²) in [6.45, 7) is 1.29. The first kappa shape index (κ1) is 11.3. The molecule has 1 rings (SSSR count). The minimum absolute atomic E-state index is 0.0374. The predicted molar refractivity (Wildman–Crippen MR) is 47.4 cm³/mol. The van der Waals surface area contributed by atoms with Gasteiger partial charge in [-0.1, -0.05) is 6.07 Å². The maximum absolute atomic E-state index is 13.0. The second-order valence-electron chi connectivity index (χ2n) is 3.05. The first-order valence-corrected chi connectivity index (χ1v) is 4.13. The molecule has 1 aromatic carbocycles. The molecule has 0 bridgehead atoms. The highest BCUT2D eigenvalue weighted by Crippen LogP contribution is 2.16. The molecular formula is C10H8F2O3. The number of rotatable bonds is 3. The number of halogens is 2. The van der Waals surface area contributed by atoms with E-state index in [4.69, 9.17) is 5.11 Å². The van der Waals surface area contributed by atoms with Crippen LogP contribution >= 0.6 is 0 Å². The number of ketones is 1. The van der Waals surface area contributed by atoms with E-state index < -0.39 is 29.8 Å². The molecule has 0 heterocycles. The smallest absolute Gasteiger partial charge is 0.372 e. The zero-order chi connectivity index (χ0) is 11.6. The SMILES string of the molecule is Cc1c(CC(=O)C(=O)O)ccc(F)c1F. The molecule has 0 aliphatic rings. The van der Waals surface area contributed by atoms with Gasteiger partial charge in [-0.15, -0.1) is 0 Å². The molecule has 0 radical (unpaired) electrons. The van der Waals surface area contributed by atoms with Crippen LogP contribution in [0.1, 0.15) is 11.1 Å². The molecule has 0 unspecified atom stereocenters. The number of carbonyl (C=O) groups excluding carboxylic acids is 1. The van der Waals surface area contributed by atoms with Gasteiger partial charge in [0.15, 0.2) is 11.6 Å². The lowest BCUT2D eigenvalue weighted by atomic mass is 10.0. The summed E-state index contributed by atoms with van der Waals surface area (Å²) < 4.78 is 25.7. The van der Waals surface area contributed by atoms with Crippen LogP contribution in [-0.4, -0.2) is 16.9 Å². The summed E-state index contributed by atoms with van der Waals surface area (Å²) in [7, 11) is 0. The summed E-state index contributed by atoms with van der Waals surface area (Å²) in [6.07, 6.45) is -0.432. The van der Waals surface area contributed by atoms with Crippen LogP contribution in [0.2, 0.25) is 0 Å². The zero-order valence-electron chi connectivity index (χ0n) is 7.88. The Morgan fingerprint density at radius 3 is 2.47 bits per heavy atom. The Labute approximate surface area is 84.3 Å². The van der Waals surface area contributed by atoms with Crippen LogP contribution < -0.4 is 0 Å². The van der Waals surface area contributed by atoms with Gasteiger partial charge in [0.25, 0.3) is 0 Å². The summed E-state index contributed by atoms with van der Waals surface area (Å²) in [5.74, 6) is -4.70. The average Bonchev–Trinajstić information content (AvgIpc) is 2.18. The largest absolute Gasteiger partial charge is 0.475 e. The van der Waals surface area contributed by atoms with Gasteiger partial charge in [0.1, 0.15) is 0 Å². The fraction of sp³-hybridized carbons (Fsp3) is 0.200. The second kappa shape index (κ2) is 4.16. The van der Waals surface area contributed by atoms with Crippen molar-refractivity contribution < 1.29 is 23.5 Å². The number of hydrogen-bond acceptors (Lipinski definition) is 2. The van der Waals surface area contributed by atoms with Gasteiger partial charge in [-0.05, 0) is 24.1 Å². The lowest BCUT2D eigenvalue weighted by Crippen LogP contribution is -2.16. The van der Waals surface area contributed by atoms with Crippen molar-refractivity contribution in [1.82, 2.24) is 0 Å². The van der Waals surface area contributed by atoms with Gasteiger partial charge < -0.3 is 5.11 Å². The number of carbonyl (C=O) groups is 2. The number of carboxylic acids is 1. The number of benzene rings is 1. The Kier molecular flexibility index (Phi) is 3.14. The molecule has 5 heteroatoms. The molecule has 15 heavy (non-hydrogen) atoms. The predicted octanol–water partition coefficient (Wildman–Crippen LogP) is 1.47. The van der Waals surface area contributed by atoms with Gasteiger partial charge in [0.05, 0.1) is 0 Å². The van der Waals surface area contributed by atoms with Gasteiger partial charge in [-0.25, -0.2) is 13.6 Å². The second-order valence-corrected chi connectivity index (χ2v) is 3.05. The third-order valence-electron chi connectivity index (χ3n) is 2.04. The minimum Gasteiger partial charge on any atom is -0.475 e.